The van der Waals surface area contributed by atoms with Gasteiger partial charge in [0.1, 0.15) is 12.4 Å². The zero-order valence-corrected chi connectivity index (χ0v) is 15.7. The van der Waals surface area contributed by atoms with Crippen LogP contribution in [0, 0.1) is 0 Å². The Labute approximate surface area is 147 Å². The molecule has 0 aromatic heterocycles. The third-order valence-corrected chi connectivity index (χ3v) is 4.48. The Bertz CT molecular complexity index is 589. The van der Waals surface area contributed by atoms with Gasteiger partial charge in [-0.05, 0) is 48.4 Å². The highest BCUT2D eigenvalue weighted by atomic mass is 16.5. The molecule has 24 heavy (non-hydrogen) atoms. The van der Waals surface area contributed by atoms with Crippen LogP contribution in [0.1, 0.15) is 64.0 Å². The van der Waals surface area contributed by atoms with E-state index in [0.29, 0.717) is 19.1 Å². The fraction of sp³-hybridized carbons (Fsp3) is 0.545. The Morgan fingerprint density at radius 2 is 1.79 bits per heavy atom. The first-order chi connectivity index (χ1) is 11.7. The number of unbranched alkanes of at least 4 members (excludes halogenated alkanes) is 2. The third kappa shape index (κ3) is 4.98. The number of hydrogen-bond acceptors (Lipinski definition) is 2. The van der Waals surface area contributed by atoms with Crippen LogP contribution in [-0.2, 0) is 11.2 Å². The molecule has 2 aliphatic carbocycles. The fourth-order valence-corrected chi connectivity index (χ4v) is 3.05. The van der Waals surface area contributed by atoms with Gasteiger partial charge in [0, 0.05) is 12.2 Å². The van der Waals surface area contributed by atoms with Crippen molar-refractivity contribution in [2.75, 3.05) is 19.8 Å². The Morgan fingerprint density at radius 1 is 0.958 bits per heavy atom. The molecule has 0 saturated heterocycles. The average molecular weight is 328 g/mol. The molecule has 132 valence electrons. The second-order valence-corrected chi connectivity index (χ2v) is 6.69. The second-order valence-electron chi connectivity index (χ2n) is 6.69. The molecule has 0 bridgehead atoms. The van der Waals surface area contributed by atoms with Crippen molar-refractivity contribution in [1.82, 2.24) is 0 Å². The highest BCUT2D eigenvalue weighted by molar-refractivity contribution is 5.77. The number of hydrogen-bond donors (Lipinski definition) is 0. The summed E-state index contributed by atoms with van der Waals surface area (Å²) in [6, 6.07) is 11.2. The van der Waals surface area contributed by atoms with Crippen LogP contribution < -0.4 is 4.74 Å². The maximum absolute atomic E-state index is 6.10. The first kappa shape index (κ1) is 18.8. The maximum atomic E-state index is 6.10. The van der Waals surface area contributed by atoms with E-state index in [-0.39, 0.29) is 0 Å². The van der Waals surface area contributed by atoms with E-state index in [1.54, 1.807) is 0 Å². The standard InChI is InChI=1S/C22H32O2/c1-5-7-8-9-18-10-11-20-16-19(17(3)4)12-13-21(22(18)20)24-15-14-23-6-2/h10-13,16-17H,5-9,14-15H2,1-4H3. The number of rotatable bonds is 10. The van der Waals surface area contributed by atoms with Crippen molar-refractivity contribution in [3.05, 3.63) is 41.5 Å². The Morgan fingerprint density at radius 3 is 2.50 bits per heavy atom. The van der Waals surface area contributed by atoms with Crippen molar-refractivity contribution in [2.45, 2.75) is 59.3 Å². The van der Waals surface area contributed by atoms with E-state index >= 15 is 0 Å². The molecule has 0 fully saturated rings. The Balaban J connectivity index is 2.30. The largest absolute Gasteiger partial charge is 0.491 e. The predicted molar refractivity (Wildman–Crippen MR) is 102 cm³/mol. The molecule has 2 aliphatic rings. The quantitative estimate of drug-likeness (QED) is 0.493. The van der Waals surface area contributed by atoms with Crippen molar-refractivity contribution in [3.63, 3.8) is 0 Å². The molecule has 0 N–H and O–H groups in total. The van der Waals surface area contributed by atoms with Crippen molar-refractivity contribution in [1.29, 1.82) is 0 Å². The SMILES string of the molecule is CCCCCc1ccc2cc(C(C)C)ccc(OCCOCC)c1-2. The van der Waals surface area contributed by atoms with Gasteiger partial charge in [-0.25, -0.2) is 0 Å². The minimum absolute atomic E-state index is 0.510. The lowest BCUT2D eigenvalue weighted by atomic mass is 10.0. The molecule has 2 rings (SSSR count). The summed E-state index contributed by atoms with van der Waals surface area (Å²) in [5.74, 6) is 1.50. The molecule has 0 atom stereocenters. The van der Waals surface area contributed by atoms with Crippen LogP contribution in [-0.4, -0.2) is 19.8 Å². The predicted octanol–water partition coefficient (Wildman–Crippen LogP) is 6.06. The van der Waals surface area contributed by atoms with E-state index in [0.717, 1.165) is 18.8 Å². The summed E-state index contributed by atoms with van der Waals surface area (Å²) in [5.41, 5.74) is 5.34. The Hall–Kier alpha value is -1.54. The van der Waals surface area contributed by atoms with Gasteiger partial charge >= 0.3 is 0 Å². The van der Waals surface area contributed by atoms with Crippen LogP contribution >= 0.6 is 0 Å². The highest BCUT2D eigenvalue weighted by Crippen LogP contribution is 2.38. The summed E-state index contributed by atoms with van der Waals surface area (Å²) in [4.78, 5) is 0. The molecule has 0 amide bonds. The van der Waals surface area contributed by atoms with Crippen molar-refractivity contribution in [3.8, 4) is 16.9 Å². The summed E-state index contributed by atoms with van der Waals surface area (Å²) >= 11 is 0. The van der Waals surface area contributed by atoms with E-state index in [1.165, 1.54) is 41.5 Å². The molecule has 2 heteroatoms. The zero-order chi connectivity index (χ0) is 17.4. The molecule has 2 nitrogen and oxygen atoms in total. The summed E-state index contributed by atoms with van der Waals surface area (Å²) < 4.78 is 11.5. The van der Waals surface area contributed by atoms with Gasteiger partial charge in [0.2, 0.25) is 0 Å². The van der Waals surface area contributed by atoms with Crippen LogP contribution in [0.25, 0.3) is 11.1 Å². The molecule has 0 aromatic carbocycles. The lowest BCUT2D eigenvalue weighted by Gasteiger charge is -2.10. The van der Waals surface area contributed by atoms with Gasteiger partial charge in [-0.15, -0.1) is 0 Å². The number of aryl methyl sites for hydroxylation is 1. The monoisotopic (exact) mass is 328 g/mol. The molecular formula is C22H32O2. The smallest absolute Gasteiger partial charge is 0.127 e. The van der Waals surface area contributed by atoms with Crippen LogP contribution in [0.4, 0.5) is 0 Å². The van der Waals surface area contributed by atoms with Crippen LogP contribution in [0.15, 0.2) is 30.3 Å². The van der Waals surface area contributed by atoms with E-state index < -0.39 is 0 Å². The van der Waals surface area contributed by atoms with E-state index in [1.807, 2.05) is 6.92 Å². The molecular weight excluding hydrogens is 296 g/mol. The summed E-state index contributed by atoms with van der Waals surface area (Å²) in [5, 5.41) is 0. The van der Waals surface area contributed by atoms with Gasteiger partial charge in [-0.2, -0.15) is 0 Å². The lowest BCUT2D eigenvalue weighted by molar-refractivity contribution is 0.110. The summed E-state index contributed by atoms with van der Waals surface area (Å²) in [6.45, 7) is 10.7. The second kappa shape index (κ2) is 9.68. The molecule has 0 heterocycles. The van der Waals surface area contributed by atoms with Gasteiger partial charge in [0.15, 0.2) is 0 Å². The molecule has 0 spiro atoms. The van der Waals surface area contributed by atoms with E-state index in [9.17, 15) is 0 Å². The van der Waals surface area contributed by atoms with E-state index in [2.05, 4.69) is 51.1 Å². The van der Waals surface area contributed by atoms with Crippen LogP contribution in [0.5, 0.6) is 5.75 Å². The van der Waals surface area contributed by atoms with Gasteiger partial charge in [0.25, 0.3) is 0 Å². The summed E-state index contributed by atoms with van der Waals surface area (Å²) in [6.07, 6.45) is 4.90. The highest BCUT2D eigenvalue weighted by Gasteiger charge is 2.15. The van der Waals surface area contributed by atoms with Gasteiger partial charge in [0.05, 0.1) is 6.61 Å². The molecule has 0 radical (unpaired) electrons. The van der Waals surface area contributed by atoms with Crippen molar-refractivity contribution in [2.24, 2.45) is 0 Å². The third-order valence-electron chi connectivity index (χ3n) is 4.48. The van der Waals surface area contributed by atoms with Crippen molar-refractivity contribution < 1.29 is 9.47 Å². The first-order valence-electron chi connectivity index (χ1n) is 9.43. The maximum Gasteiger partial charge on any atom is 0.127 e. The molecule has 0 aliphatic heterocycles. The Kier molecular flexibility index (Phi) is 7.58. The van der Waals surface area contributed by atoms with E-state index in [4.69, 9.17) is 9.47 Å². The van der Waals surface area contributed by atoms with Crippen molar-refractivity contribution >= 4 is 0 Å². The topological polar surface area (TPSA) is 18.5 Å². The molecule has 0 aromatic rings. The van der Waals surface area contributed by atoms with Gasteiger partial charge in [-0.3, -0.25) is 0 Å². The fourth-order valence-electron chi connectivity index (χ4n) is 3.05. The molecule has 0 unspecified atom stereocenters. The number of fused-ring (bicyclic) bond motifs is 1. The van der Waals surface area contributed by atoms with Crippen LogP contribution in [0.2, 0.25) is 0 Å². The summed E-state index contributed by atoms with van der Waals surface area (Å²) in [7, 11) is 0. The first-order valence-corrected chi connectivity index (χ1v) is 9.43. The van der Waals surface area contributed by atoms with Gasteiger partial charge < -0.3 is 9.47 Å². The number of ether oxygens (including phenoxy) is 2. The zero-order valence-electron chi connectivity index (χ0n) is 15.7. The normalized spacial score (nSPS) is 11.4. The minimum Gasteiger partial charge on any atom is -0.491 e. The minimum atomic E-state index is 0.510. The van der Waals surface area contributed by atoms with Gasteiger partial charge in [-0.1, -0.05) is 57.9 Å². The molecule has 0 saturated carbocycles. The average Bonchev–Trinajstić information content (AvgIpc) is 2.86. The van der Waals surface area contributed by atoms with Crippen LogP contribution in [0.3, 0.4) is 0 Å². The lowest BCUT2D eigenvalue weighted by Crippen LogP contribution is -2.06.